The Morgan fingerprint density at radius 3 is 2.52 bits per heavy atom. The maximum Gasteiger partial charge on any atom is 0.263 e. The first-order valence-corrected chi connectivity index (χ1v) is 8.33. The molecule has 3 rings (SSSR count). The van der Waals surface area contributed by atoms with Crippen LogP contribution in [-0.2, 0) is 10.0 Å². The Bertz CT molecular complexity index is 847. The first kappa shape index (κ1) is 15.3. The summed E-state index contributed by atoms with van der Waals surface area (Å²) in [6.45, 7) is 2.22. The standard InChI is InChI=1S/C15H14N2O5S/c1-10(18)11-2-5-15(16-9-11)17-23(19,20)12-3-4-13-14(8-12)22-7-6-21-13/h2-5,8-9H,6-7H2,1H3,(H,16,17). The summed E-state index contributed by atoms with van der Waals surface area (Å²) < 4.78 is 37.9. The lowest BCUT2D eigenvalue weighted by Crippen LogP contribution is -2.17. The third kappa shape index (κ3) is 3.26. The fourth-order valence-electron chi connectivity index (χ4n) is 2.05. The number of nitrogens with one attached hydrogen (secondary N) is 1. The van der Waals surface area contributed by atoms with E-state index >= 15 is 0 Å². The van der Waals surface area contributed by atoms with Gasteiger partial charge in [0.15, 0.2) is 17.3 Å². The van der Waals surface area contributed by atoms with Gasteiger partial charge in [0, 0.05) is 17.8 Å². The summed E-state index contributed by atoms with van der Waals surface area (Å²) in [6.07, 6.45) is 1.32. The summed E-state index contributed by atoms with van der Waals surface area (Å²) in [5.41, 5.74) is 0.410. The van der Waals surface area contributed by atoms with Crippen molar-refractivity contribution in [3.63, 3.8) is 0 Å². The Kier molecular flexibility index (Phi) is 3.91. The van der Waals surface area contributed by atoms with Gasteiger partial charge in [0.05, 0.1) is 4.90 Å². The molecule has 1 aromatic carbocycles. The van der Waals surface area contributed by atoms with Crippen molar-refractivity contribution in [3.8, 4) is 11.5 Å². The Morgan fingerprint density at radius 1 is 1.13 bits per heavy atom. The van der Waals surface area contributed by atoms with Gasteiger partial charge in [-0.15, -0.1) is 0 Å². The van der Waals surface area contributed by atoms with Crippen LogP contribution in [0.25, 0.3) is 0 Å². The normalized spacial score (nSPS) is 13.4. The average Bonchev–Trinajstić information content (AvgIpc) is 2.54. The van der Waals surface area contributed by atoms with Crippen LogP contribution in [0.1, 0.15) is 17.3 Å². The van der Waals surface area contributed by atoms with Crippen LogP contribution in [0.2, 0.25) is 0 Å². The summed E-state index contributed by atoms with van der Waals surface area (Å²) >= 11 is 0. The number of carbonyl (C=O) groups is 1. The summed E-state index contributed by atoms with van der Waals surface area (Å²) in [4.78, 5) is 15.2. The molecule has 0 amide bonds. The number of hydrogen-bond donors (Lipinski definition) is 1. The fraction of sp³-hybridized carbons (Fsp3) is 0.200. The second-order valence-electron chi connectivity index (χ2n) is 4.90. The number of hydrogen-bond acceptors (Lipinski definition) is 6. The molecular formula is C15H14N2O5S. The largest absolute Gasteiger partial charge is 0.486 e. The van der Waals surface area contributed by atoms with E-state index in [9.17, 15) is 13.2 Å². The first-order chi connectivity index (χ1) is 11.0. The van der Waals surface area contributed by atoms with E-state index in [1.807, 2.05) is 0 Å². The Labute approximate surface area is 133 Å². The number of Topliss-reactive ketones (excluding diaryl/α,β-unsaturated/α-hetero) is 1. The molecule has 23 heavy (non-hydrogen) atoms. The van der Waals surface area contributed by atoms with E-state index in [0.717, 1.165) is 0 Å². The lowest BCUT2D eigenvalue weighted by atomic mass is 10.2. The molecule has 1 aromatic heterocycles. The predicted octanol–water partition coefficient (Wildman–Crippen LogP) is 1.86. The first-order valence-electron chi connectivity index (χ1n) is 6.85. The van der Waals surface area contributed by atoms with Gasteiger partial charge in [0.2, 0.25) is 0 Å². The minimum atomic E-state index is -3.81. The zero-order valence-electron chi connectivity index (χ0n) is 12.3. The summed E-state index contributed by atoms with van der Waals surface area (Å²) in [5.74, 6) is 0.891. The smallest absolute Gasteiger partial charge is 0.263 e. The van der Waals surface area contributed by atoms with Gasteiger partial charge in [-0.05, 0) is 31.2 Å². The molecular weight excluding hydrogens is 320 g/mol. The third-order valence-corrected chi connectivity index (χ3v) is 4.59. The molecule has 2 heterocycles. The van der Waals surface area contributed by atoms with E-state index in [0.29, 0.717) is 30.3 Å². The quantitative estimate of drug-likeness (QED) is 0.858. The van der Waals surface area contributed by atoms with Crippen molar-refractivity contribution in [2.24, 2.45) is 0 Å². The lowest BCUT2D eigenvalue weighted by molar-refractivity contribution is 0.101. The van der Waals surface area contributed by atoms with E-state index < -0.39 is 10.0 Å². The van der Waals surface area contributed by atoms with Gasteiger partial charge < -0.3 is 9.47 Å². The molecule has 0 aliphatic carbocycles. The van der Waals surface area contributed by atoms with Crippen LogP contribution in [0, 0.1) is 0 Å². The van der Waals surface area contributed by atoms with Gasteiger partial charge in [-0.2, -0.15) is 0 Å². The van der Waals surface area contributed by atoms with Crippen molar-refractivity contribution < 1.29 is 22.7 Å². The molecule has 7 nitrogen and oxygen atoms in total. The number of carbonyl (C=O) groups excluding carboxylic acids is 1. The number of rotatable bonds is 4. The van der Waals surface area contributed by atoms with Crippen molar-refractivity contribution in [1.29, 1.82) is 0 Å². The zero-order valence-corrected chi connectivity index (χ0v) is 13.1. The molecule has 0 atom stereocenters. The number of anilines is 1. The Hall–Kier alpha value is -2.61. The minimum Gasteiger partial charge on any atom is -0.486 e. The molecule has 0 spiro atoms. The molecule has 1 N–H and O–H groups in total. The highest BCUT2D eigenvalue weighted by molar-refractivity contribution is 7.92. The van der Waals surface area contributed by atoms with Crippen LogP contribution < -0.4 is 14.2 Å². The van der Waals surface area contributed by atoms with E-state index in [-0.39, 0.29) is 16.5 Å². The highest BCUT2D eigenvalue weighted by atomic mass is 32.2. The van der Waals surface area contributed by atoms with Crippen LogP contribution in [0.5, 0.6) is 11.5 Å². The van der Waals surface area contributed by atoms with E-state index in [4.69, 9.17) is 9.47 Å². The van der Waals surface area contributed by atoms with Crippen molar-refractivity contribution in [3.05, 3.63) is 42.1 Å². The van der Waals surface area contributed by atoms with Gasteiger partial charge in [-0.1, -0.05) is 0 Å². The SMILES string of the molecule is CC(=O)c1ccc(NS(=O)(=O)c2ccc3c(c2)OCCO3)nc1. The Balaban J connectivity index is 1.85. The second-order valence-corrected chi connectivity index (χ2v) is 6.58. The minimum absolute atomic E-state index is 0.0409. The van der Waals surface area contributed by atoms with E-state index in [1.165, 1.54) is 37.4 Å². The summed E-state index contributed by atoms with van der Waals surface area (Å²) in [5, 5.41) is 0. The van der Waals surface area contributed by atoms with Crippen LogP contribution in [0.15, 0.2) is 41.4 Å². The van der Waals surface area contributed by atoms with Crippen molar-refractivity contribution in [2.75, 3.05) is 17.9 Å². The molecule has 0 saturated heterocycles. The van der Waals surface area contributed by atoms with Crippen LogP contribution in [-0.4, -0.2) is 32.4 Å². The molecule has 120 valence electrons. The van der Waals surface area contributed by atoms with E-state index in [1.54, 1.807) is 6.07 Å². The van der Waals surface area contributed by atoms with Gasteiger partial charge in [0.25, 0.3) is 10.0 Å². The highest BCUT2D eigenvalue weighted by Gasteiger charge is 2.20. The van der Waals surface area contributed by atoms with Gasteiger partial charge in [-0.3, -0.25) is 9.52 Å². The highest BCUT2D eigenvalue weighted by Crippen LogP contribution is 2.32. The summed E-state index contributed by atoms with van der Waals surface area (Å²) in [7, 11) is -3.81. The molecule has 1 aliphatic rings. The number of nitrogens with zero attached hydrogens (tertiary/aromatic N) is 1. The molecule has 0 saturated carbocycles. The number of pyridine rings is 1. The Morgan fingerprint density at radius 2 is 1.87 bits per heavy atom. The molecule has 1 aliphatic heterocycles. The average molecular weight is 334 g/mol. The van der Waals surface area contributed by atoms with Crippen molar-refractivity contribution >= 4 is 21.6 Å². The second kappa shape index (κ2) is 5.88. The number of ketones is 1. The predicted molar refractivity (Wildman–Crippen MR) is 82.5 cm³/mol. The fourth-order valence-corrected chi connectivity index (χ4v) is 3.07. The lowest BCUT2D eigenvalue weighted by Gasteiger charge is -2.19. The number of fused-ring (bicyclic) bond motifs is 1. The van der Waals surface area contributed by atoms with Crippen molar-refractivity contribution in [2.45, 2.75) is 11.8 Å². The zero-order chi connectivity index (χ0) is 16.4. The number of aromatic nitrogens is 1. The molecule has 0 unspecified atom stereocenters. The topological polar surface area (TPSA) is 94.6 Å². The van der Waals surface area contributed by atoms with Crippen molar-refractivity contribution in [1.82, 2.24) is 4.98 Å². The molecule has 0 bridgehead atoms. The maximum atomic E-state index is 12.4. The van der Waals surface area contributed by atoms with Crippen LogP contribution >= 0.6 is 0 Å². The number of benzene rings is 1. The number of sulfonamides is 1. The summed E-state index contributed by atoms with van der Waals surface area (Å²) in [6, 6.07) is 7.33. The molecule has 2 aromatic rings. The molecule has 0 radical (unpaired) electrons. The van der Waals surface area contributed by atoms with Crippen LogP contribution in [0.4, 0.5) is 5.82 Å². The van der Waals surface area contributed by atoms with Crippen LogP contribution in [0.3, 0.4) is 0 Å². The van der Waals surface area contributed by atoms with E-state index in [2.05, 4.69) is 9.71 Å². The third-order valence-electron chi connectivity index (χ3n) is 3.23. The van der Waals surface area contributed by atoms with Gasteiger partial charge in [-0.25, -0.2) is 13.4 Å². The molecule has 8 heteroatoms. The monoisotopic (exact) mass is 334 g/mol. The number of ether oxygens (including phenoxy) is 2. The maximum absolute atomic E-state index is 12.4. The van der Waals surface area contributed by atoms with Gasteiger partial charge >= 0.3 is 0 Å². The molecule has 0 fully saturated rings. The van der Waals surface area contributed by atoms with Gasteiger partial charge in [0.1, 0.15) is 19.0 Å².